The zero-order valence-electron chi connectivity index (χ0n) is 17.0. The molecule has 0 spiro atoms. The second-order valence-electron chi connectivity index (χ2n) is 8.12. The van der Waals surface area contributed by atoms with Crippen LogP contribution < -0.4 is 0 Å². The van der Waals surface area contributed by atoms with Crippen LogP contribution in [0.15, 0.2) is 66.0 Å². The normalized spacial score (nSPS) is 17.8. The van der Waals surface area contributed by atoms with Gasteiger partial charge in [0.05, 0.1) is 6.04 Å². The minimum Gasteiger partial charge on any atom is -0.330 e. The van der Waals surface area contributed by atoms with Gasteiger partial charge in [-0.25, -0.2) is 0 Å². The number of carbonyl (C=O) groups excluding carboxylic acids is 2. The number of nitrogens with zero attached hydrogens (tertiary/aromatic N) is 2. The molecule has 1 unspecified atom stereocenters. The summed E-state index contributed by atoms with van der Waals surface area (Å²) in [5.74, 6) is -0.129. The summed E-state index contributed by atoms with van der Waals surface area (Å²) in [6.07, 6.45) is 2.74. The van der Waals surface area contributed by atoms with Crippen LogP contribution in [0.3, 0.4) is 0 Å². The molecular formula is C25H23ClN2O2S. The van der Waals surface area contributed by atoms with Crippen LogP contribution >= 0.6 is 22.9 Å². The van der Waals surface area contributed by atoms with Crippen molar-refractivity contribution in [2.45, 2.75) is 31.3 Å². The molecule has 3 aromatic rings. The topological polar surface area (TPSA) is 40.6 Å². The lowest BCUT2D eigenvalue weighted by Crippen LogP contribution is -2.47. The van der Waals surface area contributed by atoms with Crippen molar-refractivity contribution in [3.63, 3.8) is 0 Å². The molecule has 6 heteroatoms. The minimum absolute atomic E-state index is 0.00650. The highest BCUT2D eigenvalue weighted by molar-refractivity contribution is 7.10. The zero-order valence-corrected chi connectivity index (χ0v) is 18.6. The van der Waals surface area contributed by atoms with E-state index in [2.05, 4.69) is 23.6 Å². The average Bonchev–Trinajstić information content (AvgIpc) is 3.52. The van der Waals surface area contributed by atoms with E-state index >= 15 is 0 Å². The third-order valence-corrected chi connectivity index (χ3v) is 7.26. The molecule has 2 amide bonds. The molecule has 2 aromatic carbocycles. The summed E-state index contributed by atoms with van der Waals surface area (Å²) in [7, 11) is 0. The first-order valence-corrected chi connectivity index (χ1v) is 11.8. The number of halogens is 1. The Morgan fingerprint density at radius 2 is 1.87 bits per heavy atom. The minimum atomic E-state index is -0.122. The molecule has 0 N–H and O–H groups in total. The summed E-state index contributed by atoms with van der Waals surface area (Å²) in [6.45, 7) is 0.759. The number of rotatable bonds is 5. The Kier molecular flexibility index (Phi) is 5.55. The molecule has 1 atom stereocenters. The smallest absolute Gasteiger partial charge is 0.254 e. The molecule has 2 heterocycles. The Morgan fingerprint density at radius 3 is 2.61 bits per heavy atom. The third-order valence-electron chi connectivity index (χ3n) is 6.03. The van der Waals surface area contributed by atoms with Crippen LogP contribution in [0.5, 0.6) is 0 Å². The highest BCUT2D eigenvalue weighted by atomic mass is 35.5. The van der Waals surface area contributed by atoms with E-state index in [1.165, 1.54) is 10.4 Å². The summed E-state index contributed by atoms with van der Waals surface area (Å²) in [4.78, 5) is 31.8. The second-order valence-corrected chi connectivity index (χ2v) is 9.56. The fourth-order valence-corrected chi connectivity index (χ4v) is 5.45. The number of carbonyl (C=O) groups is 2. The fraction of sp³-hybridized carbons (Fsp3) is 0.280. The SMILES string of the molecule is O=C(c1cccc(Cl)c1)N(CC(=O)N1CCc2sccc2C1c1ccccc1)C1CC1. The Balaban J connectivity index is 1.42. The molecule has 5 rings (SSSR count). The molecule has 158 valence electrons. The van der Waals surface area contributed by atoms with E-state index in [1.807, 2.05) is 23.1 Å². The van der Waals surface area contributed by atoms with Crippen molar-refractivity contribution in [3.05, 3.63) is 92.6 Å². The van der Waals surface area contributed by atoms with Crippen molar-refractivity contribution in [1.29, 1.82) is 0 Å². The standard InChI is InChI=1S/C25H23ClN2O2S/c26-19-8-4-7-18(15-19)25(30)28(20-9-10-20)16-23(29)27-13-11-22-21(12-14-31-22)24(27)17-5-2-1-3-6-17/h1-8,12,14-15,20,24H,9-11,13,16H2. The Hall–Kier alpha value is -2.63. The lowest BCUT2D eigenvalue weighted by Gasteiger charge is -2.37. The molecular weight excluding hydrogens is 428 g/mol. The molecule has 0 saturated heterocycles. The van der Waals surface area contributed by atoms with E-state index < -0.39 is 0 Å². The first-order valence-electron chi connectivity index (χ1n) is 10.6. The van der Waals surface area contributed by atoms with Crippen LogP contribution in [-0.4, -0.2) is 40.7 Å². The maximum absolute atomic E-state index is 13.6. The van der Waals surface area contributed by atoms with Gasteiger partial charge in [-0.1, -0.05) is 48.0 Å². The predicted molar refractivity (Wildman–Crippen MR) is 124 cm³/mol. The van der Waals surface area contributed by atoms with Crippen molar-refractivity contribution in [2.75, 3.05) is 13.1 Å². The first-order chi connectivity index (χ1) is 15.1. The van der Waals surface area contributed by atoms with Crippen molar-refractivity contribution in [3.8, 4) is 0 Å². The van der Waals surface area contributed by atoms with E-state index in [1.54, 1.807) is 40.5 Å². The molecule has 1 aromatic heterocycles. The number of benzene rings is 2. The summed E-state index contributed by atoms with van der Waals surface area (Å²) < 4.78 is 0. The van der Waals surface area contributed by atoms with Gasteiger partial charge in [-0.3, -0.25) is 9.59 Å². The van der Waals surface area contributed by atoms with Gasteiger partial charge in [0, 0.05) is 28.0 Å². The molecule has 4 nitrogen and oxygen atoms in total. The lowest BCUT2D eigenvalue weighted by atomic mass is 9.93. The molecule has 1 aliphatic heterocycles. The molecule has 1 aliphatic carbocycles. The van der Waals surface area contributed by atoms with Gasteiger partial charge < -0.3 is 9.80 Å². The summed E-state index contributed by atoms with van der Waals surface area (Å²) in [5, 5.41) is 2.63. The predicted octanol–water partition coefficient (Wildman–Crippen LogP) is 5.18. The number of thiophene rings is 1. The summed E-state index contributed by atoms with van der Waals surface area (Å²) in [5.41, 5.74) is 2.84. The van der Waals surface area contributed by atoms with Gasteiger partial charge in [-0.2, -0.15) is 0 Å². The van der Waals surface area contributed by atoms with Gasteiger partial charge in [0.15, 0.2) is 0 Å². The van der Waals surface area contributed by atoms with Crippen molar-refractivity contribution < 1.29 is 9.59 Å². The molecule has 1 saturated carbocycles. The molecule has 1 fully saturated rings. The zero-order chi connectivity index (χ0) is 21.4. The average molecular weight is 451 g/mol. The quantitative estimate of drug-likeness (QED) is 0.537. The van der Waals surface area contributed by atoms with Crippen molar-refractivity contribution in [1.82, 2.24) is 9.80 Å². The van der Waals surface area contributed by atoms with Gasteiger partial charge in [0.2, 0.25) is 5.91 Å². The lowest BCUT2D eigenvalue weighted by molar-refractivity contribution is -0.134. The molecule has 2 aliphatic rings. The van der Waals surface area contributed by atoms with Crippen LogP contribution in [-0.2, 0) is 11.2 Å². The molecule has 0 radical (unpaired) electrons. The monoisotopic (exact) mass is 450 g/mol. The fourth-order valence-electron chi connectivity index (χ4n) is 4.36. The van der Waals surface area contributed by atoms with Crippen molar-refractivity contribution >= 4 is 34.8 Å². The van der Waals surface area contributed by atoms with E-state index in [0.717, 1.165) is 24.8 Å². The number of fused-ring (bicyclic) bond motifs is 1. The Labute approximate surface area is 191 Å². The van der Waals surface area contributed by atoms with Gasteiger partial charge in [0.1, 0.15) is 6.54 Å². The van der Waals surface area contributed by atoms with Crippen LogP contribution in [0.2, 0.25) is 5.02 Å². The van der Waals surface area contributed by atoms with Crippen LogP contribution in [0.1, 0.15) is 45.2 Å². The van der Waals surface area contributed by atoms with Crippen molar-refractivity contribution in [2.24, 2.45) is 0 Å². The van der Waals surface area contributed by atoms with Gasteiger partial charge >= 0.3 is 0 Å². The maximum Gasteiger partial charge on any atom is 0.254 e. The Bertz CT molecular complexity index is 1110. The summed E-state index contributed by atoms with van der Waals surface area (Å²) in [6, 6.07) is 19.3. The first kappa shape index (κ1) is 20.3. The largest absolute Gasteiger partial charge is 0.330 e. The number of hydrogen-bond donors (Lipinski definition) is 0. The number of amides is 2. The maximum atomic E-state index is 13.6. The highest BCUT2D eigenvalue weighted by Gasteiger charge is 2.38. The van der Waals surface area contributed by atoms with Crippen LogP contribution in [0.4, 0.5) is 0 Å². The van der Waals surface area contributed by atoms with E-state index in [9.17, 15) is 9.59 Å². The van der Waals surface area contributed by atoms with Crippen LogP contribution in [0, 0.1) is 0 Å². The highest BCUT2D eigenvalue weighted by Crippen LogP contribution is 2.38. The molecule has 0 bridgehead atoms. The third kappa shape index (κ3) is 4.12. The second kappa shape index (κ2) is 8.48. The van der Waals surface area contributed by atoms with Gasteiger partial charge in [-0.05, 0) is 60.0 Å². The molecule has 31 heavy (non-hydrogen) atoms. The number of hydrogen-bond acceptors (Lipinski definition) is 3. The van der Waals surface area contributed by atoms with E-state index in [-0.39, 0.29) is 30.4 Å². The van der Waals surface area contributed by atoms with Crippen LogP contribution in [0.25, 0.3) is 0 Å². The van der Waals surface area contributed by atoms with E-state index in [4.69, 9.17) is 11.6 Å². The summed E-state index contributed by atoms with van der Waals surface area (Å²) >= 11 is 7.85. The van der Waals surface area contributed by atoms with Gasteiger partial charge in [-0.15, -0.1) is 11.3 Å². The van der Waals surface area contributed by atoms with Gasteiger partial charge in [0.25, 0.3) is 5.91 Å². The Morgan fingerprint density at radius 1 is 1.06 bits per heavy atom. The van der Waals surface area contributed by atoms with E-state index in [0.29, 0.717) is 17.1 Å².